The van der Waals surface area contributed by atoms with Crippen LogP contribution in [0.4, 0.5) is 5.69 Å². The van der Waals surface area contributed by atoms with Gasteiger partial charge in [0.1, 0.15) is 0 Å². The fraction of sp³-hybridized carbons (Fsp3) is 0.208. The summed E-state index contributed by atoms with van der Waals surface area (Å²) in [5.41, 5.74) is 2.85. The van der Waals surface area contributed by atoms with E-state index in [1.54, 1.807) is 54.3 Å². The van der Waals surface area contributed by atoms with Gasteiger partial charge in [-0.15, -0.1) is 0 Å². The van der Waals surface area contributed by atoms with Crippen LogP contribution >= 0.6 is 0 Å². The molecule has 31 heavy (non-hydrogen) atoms. The van der Waals surface area contributed by atoms with Crippen LogP contribution in [-0.2, 0) is 11.8 Å². The number of carbonyl (C=O) groups excluding carboxylic acids is 2. The van der Waals surface area contributed by atoms with Crippen LogP contribution in [0.1, 0.15) is 28.5 Å². The second-order valence-corrected chi connectivity index (χ2v) is 6.81. The molecule has 2 aromatic carbocycles. The fourth-order valence-electron chi connectivity index (χ4n) is 2.88. The van der Waals surface area contributed by atoms with Gasteiger partial charge in [0.15, 0.2) is 23.9 Å². The molecule has 1 amide bonds. The van der Waals surface area contributed by atoms with E-state index in [0.717, 1.165) is 11.3 Å². The molecule has 0 spiro atoms. The van der Waals surface area contributed by atoms with Crippen LogP contribution in [0.25, 0.3) is 6.08 Å². The van der Waals surface area contributed by atoms with E-state index in [-0.39, 0.29) is 18.3 Å². The summed E-state index contributed by atoms with van der Waals surface area (Å²) in [7, 11) is 1.79. The normalized spacial score (nSPS) is 10.8. The summed E-state index contributed by atoms with van der Waals surface area (Å²) in [6, 6.07) is 14.5. The first-order valence-corrected chi connectivity index (χ1v) is 9.93. The number of benzene rings is 2. The predicted octanol–water partition coefficient (Wildman–Crippen LogP) is 4.04. The number of nitrogens with zero attached hydrogens (tertiary/aromatic N) is 2. The number of amides is 1. The maximum absolute atomic E-state index is 12.4. The number of allylic oxidation sites excluding steroid dienone is 1. The highest BCUT2D eigenvalue weighted by Crippen LogP contribution is 2.29. The van der Waals surface area contributed by atoms with Crippen LogP contribution in [0.15, 0.2) is 60.8 Å². The van der Waals surface area contributed by atoms with Gasteiger partial charge in [-0.2, -0.15) is 5.10 Å². The summed E-state index contributed by atoms with van der Waals surface area (Å²) in [6.07, 6.45) is 4.77. The number of ether oxygens (including phenoxy) is 2. The van der Waals surface area contributed by atoms with Crippen molar-refractivity contribution in [3.05, 3.63) is 77.6 Å². The first-order valence-electron chi connectivity index (χ1n) is 9.93. The average molecular weight is 419 g/mol. The lowest BCUT2D eigenvalue weighted by atomic mass is 10.1. The van der Waals surface area contributed by atoms with Crippen LogP contribution in [-0.4, -0.2) is 34.7 Å². The number of para-hydroxylation sites is 1. The second kappa shape index (κ2) is 10.2. The van der Waals surface area contributed by atoms with Gasteiger partial charge in [0.25, 0.3) is 5.91 Å². The molecule has 1 aromatic heterocycles. The molecular weight excluding hydrogens is 394 g/mol. The molecule has 1 N–H and O–H groups in total. The monoisotopic (exact) mass is 419 g/mol. The first kappa shape index (κ1) is 21.8. The van der Waals surface area contributed by atoms with Gasteiger partial charge in [0, 0.05) is 18.4 Å². The summed E-state index contributed by atoms with van der Waals surface area (Å²) < 4.78 is 13.0. The summed E-state index contributed by atoms with van der Waals surface area (Å²) in [6.45, 7) is 4.00. The third kappa shape index (κ3) is 5.82. The fourth-order valence-corrected chi connectivity index (χ4v) is 2.88. The van der Waals surface area contributed by atoms with E-state index in [4.69, 9.17) is 9.47 Å². The van der Waals surface area contributed by atoms with E-state index >= 15 is 0 Å². The number of hydrogen-bond acceptors (Lipinski definition) is 5. The van der Waals surface area contributed by atoms with Crippen molar-refractivity contribution in [1.82, 2.24) is 9.78 Å². The highest BCUT2D eigenvalue weighted by atomic mass is 16.5. The Morgan fingerprint density at radius 2 is 1.87 bits per heavy atom. The molecule has 0 saturated heterocycles. The zero-order valence-electron chi connectivity index (χ0n) is 17.8. The summed E-state index contributed by atoms with van der Waals surface area (Å²) in [5.74, 6) is 0.565. The Labute approximate surface area is 181 Å². The van der Waals surface area contributed by atoms with E-state index < -0.39 is 0 Å². The Balaban J connectivity index is 1.66. The summed E-state index contributed by atoms with van der Waals surface area (Å²) >= 11 is 0. The Bertz CT molecular complexity index is 1090. The highest BCUT2D eigenvalue weighted by Gasteiger charge is 2.11. The molecule has 7 nitrogen and oxygen atoms in total. The molecule has 0 aliphatic carbocycles. The number of anilines is 1. The van der Waals surface area contributed by atoms with Crippen LogP contribution < -0.4 is 14.8 Å². The number of rotatable bonds is 9. The molecule has 0 bridgehead atoms. The molecule has 0 saturated carbocycles. The molecular formula is C24H25N3O4. The molecule has 7 heteroatoms. The molecule has 160 valence electrons. The number of ketones is 1. The second-order valence-electron chi connectivity index (χ2n) is 6.81. The largest absolute Gasteiger partial charge is 0.490 e. The molecule has 3 aromatic rings. The maximum atomic E-state index is 12.4. The van der Waals surface area contributed by atoms with Crippen LogP contribution in [0.3, 0.4) is 0 Å². The third-order valence-electron chi connectivity index (χ3n) is 4.61. The number of aromatic nitrogens is 2. The SMILES string of the molecule is CCOc1cc(/C=C/C(=O)c2cnn(C)c2C)ccc1OCC(=O)Nc1ccccc1. The molecule has 3 rings (SSSR count). The average Bonchev–Trinajstić information content (AvgIpc) is 3.10. The van der Waals surface area contributed by atoms with Gasteiger partial charge in [-0.05, 0) is 49.8 Å². The Hall–Kier alpha value is -3.87. The predicted molar refractivity (Wildman–Crippen MR) is 119 cm³/mol. The standard InChI is InChI=1S/C24H25N3O4/c1-4-30-23-14-18(10-12-21(28)20-15-25-27(3)17(20)2)11-13-22(23)31-16-24(29)26-19-8-6-5-7-9-19/h5-15H,4,16H2,1-3H3,(H,26,29)/b12-10+. The van der Waals surface area contributed by atoms with Crippen molar-refractivity contribution in [1.29, 1.82) is 0 Å². The summed E-state index contributed by atoms with van der Waals surface area (Å²) in [4.78, 5) is 24.5. The lowest BCUT2D eigenvalue weighted by molar-refractivity contribution is -0.118. The van der Waals surface area contributed by atoms with Crippen molar-refractivity contribution in [2.45, 2.75) is 13.8 Å². The highest BCUT2D eigenvalue weighted by molar-refractivity contribution is 6.07. The van der Waals surface area contributed by atoms with Crippen molar-refractivity contribution < 1.29 is 19.1 Å². The minimum Gasteiger partial charge on any atom is -0.490 e. The van der Waals surface area contributed by atoms with Gasteiger partial charge in [0.2, 0.25) is 0 Å². The van der Waals surface area contributed by atoms with E-state index in [2.05, 4.69) is 10.4 Å². The quantitative estimate of drug-likeness (QED) is 0.418. The maximum Gasteiger partial charge on any atom is 0.262 e. The van der Waals surface area contributed by atoms with Crippen molar-refractivity contribution in [3.8, 4) is 11.5 Å². The van der Waals surface area contributed by atoms with Gasteiger partial charge in [-0.25, -0.2) is 0 Å². The van der Waals surface area contributed by atoms with Gasteiger partial charge >= 0.3 is 0 Å². The zero-order valence-corrected chi connectivity index (χ0v) is 17.8. The summed E-state index contributed by atoms with van der Waals surface area (Å²) in [5, 5.41) is 6.87. The molecule has 0 atom stereocenters. The van der Waals surface area contributed by atoms with Crippen LogP contribution in [0.2, 0.25) is 0 Å². The topological polar surface area (TPSA) is 82.4 Å². The smallest absolute Gasteiger partial charge is 0.262 e. The minimum absolute atomic E-state index is 0.124. The van der Waals surface area contributed by atoms with Crippen molar-refractivity contribution in [2.75, 3.05) is 18.5 Å². The molecule has 0 radical (unpaired) electrons. The van der Waals surface area contributed by atoms with Gasteiger partial charge in [-0.1, -0.05) is 30.3 Å². The molecule has 0 unspecified atom stereocenters. The lowest BCUT2D eigenvalue weighted by Gasteiger charge is -2.12. The first-order chi connectivity index (χ1) is 15.0. The van der Waals surface area contributed by atoms with Gasteiger partial charge < -0.3 is 14.8 Å². The van der Waals surface area contributed by atoms with E-state index in [9.17, 15) is 9.59 Å². The van der Waals surface area contributed by atoms with Crippen LogP contribution in [0, 0.1) is 6.92 Å². The molecule has 0 aliphatic rings. The Morgan fingerprint density at radius 3 is 2.55 bits per heavy atom. The number of carbonyl (C=O) groups is 2. The van der Waals surface area contributed by atoms with E-state index in [1.807, 2.05) is 32.0 Å². The van der Waals surface area contributed by atoms with Crippen molar-refractivity contribution in [2.24, 2.45) is 7.05 Å². The van der Waals surface area contributed by atoms with Gasteiger partial charge in [-0.3, -0.25) is 14.3 Å². The molecule has 0 aliphatic heterocycles. The minimum atomic E-state index is -0.268. The number of hydrogen-bond donors (Lipinski definition) is 1. The van der Waals surface area contributed by atoms with Gasteiger partial charge in [0.05, 0.1) is 18.4 Å². The molecule has 1 heterocycles. The van der Waals surface area contributed by atoms with E-state index in [0.29, 0.717) is 29.4 Å². The Kier molecular flexibility index (Phi) is 7.22. The molecule has 0 fully saturated rings. The van der Waals surface area contributed by atoms with E-state index in [1.165, 1.54) is 6.08 Å². The number of aryl methyl sites for hydroxylation is 1. The zero-order chi connectivity index (χ0) is 22.2. The van der Waals surface area contributed by atoms with Crippen molar-refractivity contribution >= 4 is 23.5 Å². The Morgan fingerprint density at radius 1 is 1.10 bits per heavy atom. The lowest BCUT2D eigenvalue weighted by Crippen LogP contribution is -2.20. The van der Waals surface area contributed by atoms with Crippen LogP contribution in [0.5, 0.6) is 11.5 Å². The third-order valence-corrected chi connectivity index (χ3v) is 4.61. The number of nitrogens with one attached hydrogen (secondary N) is 1. The van der Waals surface area contributed by atoms with Crippen molar-refractivity contribution in [3.63, 3.8) is 0 Å².